The summed E-state index contributed by atoms with van der Waals surface area (Å²) < 4.78 is 13.0. The molecule has 2 aromatic rings. The molecule has 27 unspecified atom stereocenters. The Morgan fingerprint density at radius 3 is 2.40 bits per heavy atom. The van der Waals surface area contributed by atoms with Crippen molar-refractivity contribution in [3.05, 3.63) is 41.9 Å². The summed E-state index contributed by atoms with van der Waals surface area (Å²) in [6.07, 6.45) is 3.70. The molecule has 1 amide bonds. The zero-order chi connectivity index (χ0) is 63.9. The summed E-state index contributed by atoms with van der Waals surface area (Å²) in [4.78, 5) is 47.0. The summed E-state index contributed by atoms with van der Waals surface area (Å²) in [6, 6.07) is -0.843. The monoisotopic (exact) mass is 1250 g/mol. The number of carbonyl (C=O) groups excluding carboxylic acids is 1. The number of aliphatic hydroxyl groups excluding tert-OH is 8. The number of hydrogen-bond donors (Lipinski definition) is 16. The van der Waals surface area contributed by atoms with Crippen LogP contribution in [-0.2, 0) is 25.5 Å². The van der Waals surface area contributed by atoms with E-state index in [1.54, 1.807) is 12.5 Å². The minimum absolute atomic E-state index is 0.0947. The van der Waals surface area contributed by atoms with Gasteiger partial charge in [-0.15, -0.1) is 0 Å². The maximum atomic E-state index is 16.0. The van der Waals surface area contributed by atoms with Gasteiger partial charge in [0, 0.05) is 85.2 Å². The number of anilines is 1. The molecule has 27 atom stereocenters. The van der Waals surface area contributed by atoms with E-state index < -0.39 is 158 Å². The fourth-order valence-corrected chi connectivity index (χ4v) is 23.7. The molecule has 22 heteroatoms. The van der Waals surface area contributed by atoms with E-state index in [4.69, 9.17) is 20.2 Å². The van der Waals surface area contributed by atoms with Gasteiger partial charge in [-0.1, -0.05) is 77.9 Å². The van der Waals surface area contributed by atoms with Crippen molar-refractivity contribution in [3.63, 3.8) is 0 Å². The molecule has 2 saturated heterocycles. The molecule has 3 aliphatic heterocycles. The van der Waals surface area contributed by atoms with Crippen molar-refractivity contribution < 1.29 is 65.0 Å². The van der Waals surface area contributed by atoms with Crippen LogP contribution in [0.4, 0.5) is 5.82 Å². The van der Waals surface area contributed by atoms with Crippen LogP contribution in [0.3, 0.4) is 0 Å². The number of amides is 1. The van der Waals surface area contributed by atoms with Crippen molar-refractivity contribution in [2.75, 3.05) is 57.9 Å². The van der Waals surface area contributed by atoms with E-state index in [-0.39, 0.29) is 43.9 Å². The highest BCUT2D eigenvalue weighted by Crippen LogP contribution is 2.87. The SMILES string of the molecule is CC(C)CCNCCNCC(C(N)O)C(O)C(c1cnc[nH]1)C1NC(=O)C23CCCC2C#CC2C=C4C5CC(C)(CO)CCC5(C(=O)O)C5CNc6nc[nH]c6CC5C45CCCC24C2(C)C(CC13)C(O)C(OC1OCC(O)C(O)C1O)C(C)(CO)C2CCC54C. The molecule has 0 radical (unpaired) electrons. The maximum absolute atomic E-state index is 16.0. The molecule has 13 rings (SSSR count). The molecular formula is C68H103N9O13. The average molecular weight is 1250 g/mol. The molecule has 8 fully saturated rings. The Morgan fingerprint density at radius 1 is 0.889 bits per heavy atom. The van der Waals surface area contributed by atoms with Gasteiger partial charge in [0.1, 0.15) is 30.4 Å². The number of aliphatic carboxylic acids is 1. The number of imidazole rings is 2. The summed E-state index contributed by atoms with van der Waals surface area (Å²) in [5, 5.41) is 123. The minimum Gasteiger partial charge on any atom is -0.481 e. The first-order valence-corrected chi connectivity index (χ1v) is 34.2. The predicted molar refractivity (Wildman–Crippen MR) is 331 cm³/mol. The van der Waals surface area contributed by atoms with Crippen LogP contribution in [-0.4, -0.2) is 185 Å². The lowest BCUT2D eigenvalue weighted by molar-refractivity contribution is -0.366. The molecular weight excluding hydrogens is 1150 g/mol. The van der Waals surface area contributed by atoms with E-state index in [9.17, 15) is 50.8 Å². The second kappa shape index (κ2) is 23.4. The Kier molecular flexibility index (Phi) is 16.8. The van der Waals surface area contributed by atoms with E-state index in [1.807, 2.05) is 6.92 Å². The summed E-state index contributed by atoms with van der Waals surface area (Å²) in [7, 11) is 0. The summed E-state index contributed by atoms with van der Waals surface area (Å²) in [5.74, 6) is 2.39. The Labute approximate surface area is 528 Å². The number of aromatic amines is 2. The standard InChI is InChI=1S/C68H103N9O13/c1-35(2)13-20-70-21-22-71-27-38(56(69)85)51(81)49(46-29-72-33-74-46)50-41-24-42-52(82)55(90-58-54(84)53(83)47(80)30-89-58)62(4,32-79)48-12-17-63(5)67-15-8-16-68(63,64(42,48)6)37(11-10-36-9-7-14-65(36,41)59(86)77-50)23-39(67)43-26-61(3,31-78)18-19-66(43,60(87)88)44-28-73-57-45(25-40(44)67)75-34-76-57/h23,29,33-38,40-44,47-56,58,70-71,73,78-85H,7-9,12-22,24-28,30-32,69H2,1-6H3,(H,72,74)(H,75,76)(H,77,86)(H,87,88). The van der Waals surface area contributed by atoms with Crippen molar-refractivity contribution in [1.82, 2.24) is 35.9 Å². The zero-order valence-electron chi connectivity index (χ0n) is 53.5. The summed E-state index contributed by atoms with van der Waals surface area (Å²) >= 11 is 0. The van der Waals surface area contributed by atoms with Crippen LogP contribution in [0.5, 0.6) is 0 Å². The van der Waals surface area contributed by atoms with E-state index >= 15 is 4.79 Å². The quantitative estimate of drug-likeness (QED) is 0.0335. The van der Waals surface area contributed by atoms with Gasteiger partial charge in [0.15, 0.2) is 6.29 Å². The number of ether oxygens (including phenoxy) is 2. The van der Waals surface area contributed by atoms with Crippen molar-refractivity contribution in [1.29, 1.82) is 0 Å². The van der Waals surface area contributed by atoms with Gasteiger partial charge in [-0.2, -0.15) is 0 Å². The smallest absolute Gasteiger partial charge is 0.310 e. The van der Waals surface area contributed by atoms with Gasteiger partial charge in [0.2, 0.25) is 5.91 Å². The third-order valence-corrected chi connectivity index (χ3v) is 27.9. The van der Waals surface area contributed by atoms with Gasteiger partial charge in [0.25, 0.3) is 0 Å². The molecule has 498 valence electrons. The first-order chi connectivity index (χ1) is 42.9. The molecule has 0 aromatic carbocycles. The Bertz CT molecular complexity index is 3080. The lowest BCUT2D eigenvalue weighted by atomic mass is 9.21. The van der Waals surface area contributed by atoms with Gasteiger partial charge in [-0.05, 0) is 147 Å². The molecule has 2 bridgehead atoms. The molecule has 5 heterocycles. The van der Waals surface area contributed by atoms with Crippen LogP contribution in [0.1, 0.15) is 142 Å². The van der Waals surface area contributed by atoms with Gasteiger partial charge < -0.3 is 92.4 Å². The minimum atomic E-state index is -1.72. The molecule has 17 N–H and O–H groups in total. The third-order valence-electron chi connectivity index (χ3n) is 27.9. The van der Waals surface area contributed by atoms with Crippen LogP contribution >= 0.6 is 0 Å². The number of nitrogens with two attached hydrogens (primary N) is 1. The van der Waals surface area contributed by atoms with E-state index in [0.29, 0.717) is 95.5 Å². The number of nitrogens with zero attached hydrogens (tertiary/aromatic N) is 2. The fraction of sp³-hybridized carbons (Fsp3) is 0.824. The van der Waals surface area contributed by atoms with E-state index in [0.717, 1.165) is 42.9 Å². The largest absolute Gasteiger partial charge is 0.481 e. The number of allylic oxidation sites excluding steroid dienone is 2. The average Bonchev–Trinajstić information content (AvgIpc) is 0.638. The number of nitrogens with one attached hydrogen (secondary N) is 6. The Morgan fingerprint density at radius 2 is 1.68 bits per heavy atom. The van der Waals surface area contributed by atoms with Crippen molar-refractivity contribution in [3.8, 4) is 11.8 Å². The van der Waals surface area contributed by atoms with Crippen molar-refractivity contribution in [2.24, 2.45) is 108 Å². The van der Waals surface area contributed by atoms with Crippen LogP contribution < -0.4 is 27.0 Å². The van der Waals surface area contributed by atoms with E-state index in [2.05, 4.69) is 88.8 Å². The number of carbonyl (C=O) groups is 2. The van der Waals surface area contributed by atoms with Gasteiger partial charge in [0.05, 0.1) is 60.7 Å². The molecule has 11 aliphatic rings. The third kappa shape index (κ3) is 8.95. The number of hydrogen-bond acceptors (Lipinski definition) is 18. The number of aromatic nitrogens is 4. The maximum Gasteiger partial charge on any atom is 0.310 e. The van der Waals surface area contributed by atoms with Crippen LogP contribution in [0.15, 0.2) is 30.5 Å². The zero-order valence-corrected chi connectivity index (χ0v) is 53.5. The molecule has 3 spiro atoms. The number of fused-ring (bicyclic) bond motifs is 5. The van der Waals surface area contributed by atoms with Crippen LogP contribution in [0.25, 0.3) is 0 Å². The topological polar surface area (TPSA) is 366 Å². The van der Waals surface area contributed by atoms with Crippen LogP contribution in [0, 0.1) is 114 Å². The molecule has 22 nitrogen and oxygen atoms in total. The summed E-state index contributed by atoms with van der Waals surface area (Å²) in [5.41, 5.74) is 1.67. The van der Waals surface area contributed by atoms with Gasteiger partial charge >= 0.3 is 5.97 Å². The molecule has 6 saturated carbocycles. The lowest BCUT2D eigenvalue weighted by Gasteiger charge is -2.83. The number of carboxylic acids is 1. The number of aliphatic hydroxyl groups is 8. The normalized spacial score (nSPS) is 46.9. The number of rotatable bonds is 18. The fourth-order valence-electron chi connectivity index (χ4n) is 23.7. The highest BCUT2D eigenvalue weighted by molar-refractivity contribution is 5.87. The first-order valence-electron chi connectivity index (χ1n) is 34.2. The van der Waals surface area contributed by atoms with Gasteiger partial charge in [-0.3, -0.25) is 9.59 Å². The van der Waals surface area contributed by atoms with Crippen LogP contribution in [0.2, 0.25) is 0 Å². The predicted octanol–water partition coefficient (Wildman–Crippen LogP) is 2.74. The molecule has 2 aromatic heterocycles. The highest BCUT2D eigenvalue weighted by Gasteiger charge is 2.84. The number of H-pyrrole nitrogens is 2. The Hall–Kier alpha value is -4.06. The first kappa shape index (κ1) is 64.6. The van der Waals surface area contributed by atoms with E-state index in [1.165, 1.54) is 6.33 Å². The van der Waals surface area contributed by atoms with Crippen molar-refractivity contribution in [2.45, 2.75) is 193 Å². The molecule has 90 heavy (non-hydrogen) atoms. The molecule has 8 aliphatic carbocycles. The Balaban J connectivity index is 1.03. The summed E-state index contributed by atoms with van der Waals surface area (Å²) in [6.45, 7) is 14.9. The second-order valence-corrected chi connectivity index (χ2v) is 31.7. The van der Waals surface area contributed by atoms with Crippen molar-refractivity contribution >= 4 is 17.7 Å². The number of carboxylic acid groups (broad SMARTS) is 1. The van der Waals surface area contributed by atoms with Gasteiger partial charge in [-0.25, -0.2) is 9.97 Å². The highest BCUT2D eigenvalue weighted by atomic mass is 16.7. The lowest BCUT2D eigenvalue weighted by Crippen LogP contribution is -2.80. The second-order valence-electron chi connectivity index (χ2n) is 31.7.